The zero-order valence-electron chi connectivity index (χ0n) is 13.8. The predicted molar refractivity (Wildman–Crippen MR) is 87.1 cm³/mol. The van der Waals surface area contributed by atoms with Crippen LogP contribution in [0.15, 0.2) is 30.5 Å². The van der Waals surface area contributed by atoms with Crippen molar-refractivity contribution in [1.82, 2.24) is 4.57 Å². The summed E-state index contributed by atoms with van der Waals surface area (Å²) in [7, 11) is 0. The van der Waals surface area contributed by atoms with Crippen LogP contribution in [-0.2, 0) is 14.3 Å². The van der Waals surface area contributed by atoms with Crippen LogP contribution in [0.1, 0.15) is 39.3 Å². The molecule has 0 aliphatic carbocycles. The highest BCUT2D eigenvalue weighted by molar-refractivity contribution is 5.94. The number of nitrogens with zero attached hydrogens (tertiary/aromatic N) is 1. The first kappa shape index (κ1) is 17.0. The van der Waals surface area contributed by atoms with Gasteiger partial charge in [0.25, 0.3) is 0 Å². The van der Waals surface area contributed by atoms with Gasteiger partial charge in [0.2, 0.25) is 0 Å². The van der Waals surface area contributed by atoms with Gasteiger partial charge in [0, 0.05) is 11.6 Å². The van der Waals surface area contributed by atoms with Crippen molar-refractivity contribution in [1.29, 1.82) is 0 Å². The van der Waals surface area contributed by atoms with Gasteiger partial charge in [-0.05, 0) is 45.4 Å². The van der Waals surface area contributed by atoms with E-state index in [1.54, 1.807) is 58.2 Å². The Labute approximate surface area is 135 Å². The lowest BCUT2D eigenvalue weighted by atomic mass is 10.0. The summed E-state index contributed by atoms with van der Waals surface area (Å²) < 4.78 is 11.7. The molecule has 0 saturated heterocycles. The minimum Gasteiger partial charge on any atom is -0.465 e. The van der Waals surface area contributed by atoms with Gasteiger partial charge in [-0.25, -0.2) is 9.59 Å². The summed E-state index contributed by atoms with van der Waals surface area (Å²) in [6, 6.07) is 6.13. The number of rotatable bonds is 3. The fourth-order valence-corrected chi connectivity index (χ4v) is 2.29. The summed E-state index contributed by atoms with van der Waals surface area (Å²) in [5.74, 6) is -0.495. The molecule has 0 radical (unpaired) electrons. The first-order valence-electron chi connectivity index (χ1n) is 7.50. The summed E-state index contributed by atoms with van der Waals surface area (Å²) in [5.41, 5.74) is 6.64. The number of carbonyl (C=O) groups excluding carboxylic acids is 2. The van der Waals surface area contributed by atoms with E-state index >= 15 is 0 Å². The predicted octanol–water partition coefficient (Wildman–Crippen LogP) is 2.99. The molecule has 2 rings (SSSR count). The molecule has 0 bridgehead atoms. The number of esters is 1. The molecule has 1 aromatic carbocycles. The molecule has 23 heavy (non-hydrogen) atoms. The van der Waals surface area contributed by atoms with E-state index < -0.39 is 23.7 Å². The van der Waals surface area contributed by atoms with Crippen LogP contribution < -0.4 is 5.73 Å². The van der Waals surface area contributed by atoms with Gasteiger partial charge in [0.1, 0.15) is 11.6 Å². The third-order valence-corrected chi connectivity index (χ3v) is 3.23. The molecule has 0 saturated carbocycles. The molecule has 124 valence electrons. The van der Waals surface area contributed by atoms with E-state index in [4.69, 9.17) is 15.2 Å². The number of aromatic nitrogens is 1. The van der Waals surface area contributed by atoms with Crippen molar-refractivity contribution in [2.24, 2.45) is 5.73 Å². The van der Waals surface area contributed by atoms with Gasteiger partial charge >= 0.3 is 12.1 Å². The van der Waals surface area contributed by atoms with Crippen LogP contribution in [0.5, 0.6) is 0 Å². The number of benzene rings is 1. The summed E-state index contributed by atoms with van der Waals surface area (Å²) >= 11 is 0. The van der Waals surface area contributed by atoms with E-state index in [1.165, 1.54) is 4.57 Å². The molecule has 6 nitrogen and oxygen atoms in total. The molecule has 2 N–H and O–H groups in total. The highest BCUT2D eigenvalue weighted by Crippen LogP contribution is 2.26. The summed E-state index contributed by atoms with van der Waals surface area (Å²) in [4.78, 5) is 24.1. The minimum absolute atomic E-state index is 0.265. The maximum absolute atomic E-state index is 12.3. The molecule has 0 amide bonds. The van der Waals surface area contributed by atoms with Crippen molar-refractivity contribution >= 4 is 23.0 Å². The van der Waals surface area contributed by atoms with Crippen LogP contribution >= 0.6 is 0 Å². The lowest BCUT2D eigenvalue weighted by Gasteiger charge is -2.20. The molecule has 1 heterocycles. The van der Waals surface area contributed by atoms with Crippen molar-refractivity contribution in [2.75, 3.05) is 6.61 Å². The number of nitrogens with two attached hydrogens (primary N) is 1. The van der Waals surface area contributed by atoms with Gasteiger partial charge in [-0.2, -0.15) is 0 Å². The van der Waals surface area contributed by atoms with Gasteiger partial charge in [-0.1, -0.05) is 12.1 Å². The Morgan fingerprint density at radius 1 is 1.26 bits per heavy atom. The molecule has 1 aromatic heterocycles. The molecule has 0 aliphatic heterocycles. The minimum atomic E-state index is -0.895. The highest BCUT2D eigenvalue weighted by Gasteiger charge is 2.23. The van der Waals surface area contributed by atoms with Crippen LogP contribution in [0.4, 0.5) is 4.79 Å². The van der Waals surface area contributed by atoms with E-state index in [0.717, 1.165) is 5.39 Å². The van der Waals surface area contributed by atoms with E-state index in [9.17, 15) is 9.59 Å². The Balaban J connectivity index is 2.41. The van der Waals surface area contributed by atoms with Crippen LogP contribution in [0.2, 0.25) is 0 Å². The van der Waals surface area contributed by atoms with Crippen molar-refractivity contribution < 1.29 is 19.1 Å². The number of fused-ring (bicyclic) bond motifs is 1. The zero-order valence-corrected chi connectivity index (χ0v) is 13.8. The Hall–Kier alpha value is -2.34. The number of ether oxygens (including phenoxy) is 2. The first-order chi connectivity index (χ1) is 10.7. The summed E-state index contributed by atoms with van der Waals surface area (Å²) in [5, 5.41) is 0.721. The van der Waals surface area contributed by atoms with Gasteiger partial charge in [0.05, 0.1) is 12.1 Å². The van der Waals surface area contributed by atoms with Crippen molar-refractivity contribution in [2.45, 2.75) is 39.3 Å². The largest absolute Gasteiger partial charge is 0.465 e. The molecule has 1 unspecified atom stereocenters. The van der Waals surface area contributed by atoms with Crippen molar-refractivity contribution in [3.63, 3.8) is 0 Å². The Morgan fingerprint density at radius 2 is 1.96 bits per heavy atom. The van der Waals surface area contributed by atoms with Gasteiger partial charge in [-0.3, -0.25) is 4.57 Å². The average Bonchev–Trinajstić information content (AvgIpc) is 2.88. The van der Waals surface area contributed by atoms with E-state index in [-0.39, 0.29) is 6.61 Å². The SMILES string of the molecule is CCOC(=O)C(N)c1cccc2c1ccn2C(=O)OC(C)(C)C. The van der Waals surface area contributed by atoms with E-state index in [0.29, 0.717) is 11.1 Å². The third-order valence-electron chi connectivity index (χ3n) is 3.23. The normalized spacial score (nSPS) is 12.9. The maximum Gasteiger partial charge on any atom is 0.418 e. The molecule has 0 fully saturated rings. The number of hydrogen-bond donors (Lipinski definition) is 1. The molecule has 0 spiro atoms. The second-order valence-corrected chi connectivity index (χ2v) is 6.18. The smallest absolute Gasteiger partial charge is 0.418 e. The fourth-order valence-electron chi connectivity index (χ4n) is 2.29. The average molecular weight is 318 g/mol. The summed E-state index contributed by atoms with van der Waals surface area (Å²) in [6.45, 7) is 7.40. The first-order valence-corrected chi connectivity index (χ1v) is 7.50. The van der Waals surface area contributed by atoms with Gasteiger partial charge in [0.15, 0.2) is 0 Å². The van der Waals surface area contributed by atoms with E-state index in [2.05, 4.69) is 0 Å². The van der Waals surface area contributed by atoms with Gasteiger partial charge < -0.3 is 15.2 Å². The van der Waals surface area contributed by atoms with Crippen molar-refractivity contribution in [3.05, 3.63) is 36.0 Å². The molecular weight excluding hydrogens is 296 g/mol. The Morgan fingerprint density at radius 3 is 2.57 bits per heavy atom. The molecule has 1 atom stereocenters. The second kappa shape index (κ2) is 6.42. The van der Waals surface area contributed by atoms with Crippen LogP contribution in [0.25, 0.3) is 10.9 Å². The topological polar surface area (TPSA) is 83.5 Å². The van der Waals surface area contributed by atoms with E-state index in [1.807, 2.05) is 0 Å². The highest BCUT2D eigenvalue weighted by atomic mass is 16.6. The van der Waals surface area contributed by atoms with Crippen molar-refractivity contribution in [3.8, 4) is 0 Å². The van der Waals surface area contributed by atoms with Crippen LogP contribution in [-0.4, -0.2) is 28.8 Å². The Bertz CT molecular complexity index is 728. The molecule has 0 aliphatic rings. The Kier molecular flexibility index (Phi) is 4.75. The monoisotopic (exact) mass is 318 g/mol. The fraction of sp³-hybridized carbons (Fsp3) is 0.412. The molecule has 2 aromatic rings. The zero-order chi connectivity index (χ0) is 17.2. The lowest BCUT2D eigenvalue weighted by Crippen LogP contribution is -2.26. The number of carbonyl (C=O) groups is 2. The second-order valence-electron chi connectivity index (χ2n) is 6.18. The maximum atomic E-state index is 12.3. The van der Waals surface area contributed by atoms with Gasteiger partial charge in [-0.15, -0.1) is 0 Å². The lowest BCUT2D eigenvalue weighted by molar-refractivity contribution is -0.144. The van der Waals surface area contributed by atoms with Crippen LogP contribution in [0, 0.1) is 0 Å². The standard InChI is InChI=1S/C17H22N2O4/c1-5-22-15(20)14(18)12-7-6-8-13-11(12)9-10-19(13)16(21)23-17(2,3)4/h6-10,14H,5,18H2,1-4H3. The molecule has 6 heteroatoms. The summed E-state index contributed by atoms with van der Waals surface area (Å²) in [6.07, 6.45) is 1.13. The molecular formula is C17H22N2O4. The third kappa shape index (κ3) is 3.71. The van der Waals surface area contributed by atoms with Crippen LogP contribution in [0.3, 0.4) is 0 Å². The number of hydrogen-bond acceptors (Lipinski definition) is 5. The quantitative estimate of drug-likeness (QED) is 0.880.